The van der Waals surface area contributed by atoms with Crippen molar-refractivity contribution < 1.29 is 19.1 Å². The predicted octanol–water partition coefficient (Wildman–Crippen LogP) is 4.75. The molecule has 0 aromatic heterocycles. The number of hydrogen-bond acceptors (Lipinski definition) is 4. The molecule has 1 heterocycles. The quantitative estimate of drug-likeness (QED) is 0.334. The number of urea groups is 1. The van der Waals surface area contributed by atoms with E-state index >= 15 is 0 Å². The van der Waals surface area contributed by atoms with Crippen molar-refractivity contribution in [1.29, 1.82) is 0 Å². The zero-order chi connectivity index (χ0) is 27.6. The molecular formula is C30H33BrN4O4. The van der Waals surface area contributed by atoms with E-state index in [-0.39, 0.29) is 17.7 Å². The van der Waals surface area contributed by atoms with E-state index in [9.17, 15) is 14.4 Å². The standard InChI is InChI=1S/C30H33BrN4O4/c1-39-24-11-7-10-22(18-24)20-32-28(36)23-14-16-35(17-15-23)29(37)27(19-21-8-3-2-4-9-21)34-30(38)33-26-13-6-5-12-25(26)31/h2-13,18,23,27H,14-17,19-20H2,1H3,(H,32,36)(H2,33,34,38)/t27-/m0/s1. The van der Waals surface area contributed by atoms with E-state index in [4.69, 9.17) is 4.74 Å². The van der Waals surface area contributed by atoms with E-state index in [2.05, 4.69) is 31.9 Å². The molecule has 0 bridgehead atoms. The third-order valence-corrected chi connectivity index (χ3v) is 7.48. The summed E-state index contributed by atoms with van der Waals surface area (Å²) in [7, 11) is 1.61. The molecule has 39 heavy (non-hydrogen) atoms. The van der Waals surface area contributed by atoms with Crippen LogP contribution in [-0.4, -0.2) is 49.0 Å². The first kappa shape index (κ1) is 28.2. The van der Waals surface area contributed by atoms with Crippen LogP contribution in [0.4, 0.5) is 10.5 Å². The lowest BCUT2D eigenvalue weighted by atomic mass is 9.94. The molecule has 8 nitrogen and oxygen atoms in total. The van der Waals surface area contributed by atoms with Gasteiger partial charge >= 0.3 is 6.03 Å². The number of nitrogens with one attached hydrogen (secondary N) is 3. The zero-order valence-corrected chi connectivity index (χ0v) is 23.4. The minimum Gasteiger partial charge on any atom is -0.497 e. The van der Waals surface area contributed by atoms with Gasteiger partial charge in [0.25, 0.3) is 0 Å². The average Bonchev–Trinajstić information content (AvgIpc) is 2.97. The van der Waals surface area contributed by atoms with Crippen molar-refractivity contribution in [3.63, 3.8) is 0 Å². The van der Waals surface area contributed by atoms with Crippen LogP contribution < -0.4 is 20.7 Å². The number of benzene rings is 3. The van der Waals surface area contributed by atoms with Crippen LogP contribution in [0.1, 0.15) is 24.0 Å². The van der Waals surface area contributed by atoms with Crippen LogP contribution in [-0.2, 0) is 22.6 Å². The minimum absolute atomic E-state index is 0.0169. The van der Waals surface area contributed by atoms with Gasteiger partial charge in [-0.1, -0.05) is 54.6 Å². The summed E-state index contributed by atoms with van der Waals surface area (Å²) in [6.07, 6.45) is 1.50. The monoisotopic (exact) mass is 592 g/mol. The summed E-state index contributed by atoms with van der Waals surface area (Å²) in [5, 5.41) is 8.69. The first-order chi connectivity index (χ1) is 18.9. The van der Waals surface area contributed by atoms with E-state index in [1.54, 1.807) is 18.1 Å². The SMILES string of the molecule is COc1cccc(CNC(=O)C2CCN(C(=O)[C@H](Cc3ccccc3)NC(=O)Nc3ccccc3Br)CC2)c1. The average molecular weight is 594 g/mol. The third-order valence-electron chi connectivity index (χ3n) is 6.79. The van der Waals surface area contributed by atoms with Crippen LogP contribution in [0, 0.1) is 5.92 Å². The molecule has 0 aliphatic carbocycles. The lowest BCUT2D eigenvalue weighted by Crippen LogP contribution is -2.53. The molecule has 3 aromatic rings. The fourth-order valence-electron chi connectivity index (χ4n) is 4.63. The Bertz CT molecular complexity index is 1280. The van der Waals surface area contributed by atoms with Crippen molar-refractivity contribution >= 4 is 39.5 Å². The van der Waals surface area contributed by atoms with Crippen molar-refractivity contribution in [2.75, 3.05) is 25.5 Å². The van der Waals surface area contributed by atoms with Gasteiger partial charge in [0.2, 0.25) is 11.8 Å². The molecule has 1 saturated heterocycles. The van der Waals surface area contributed by atoms with Crippen molar-refractivity contribution in [2.24, 2.45) is 5.92 Å². The maximum Gasteiger partial charge on any atom is 0.319 e. The second-order valence-electron chi connectivity index (χ2n) is 9.49. The Morgan fingerprint density at radius 2 is 1.64 bits per heavy atom. The number of ether oxygens (including phenoxy) is 1. The smallest absolute Gasteiger partial charge is 0.319 e. The second-order valence-corrected chi connectivity index (χ2v) is 10.3. The number of amides is 4. The molecule has 3 aromatic carbocycles. The van der Waals surface area contributed by atoms with Crippen molar-refractivity contribution in [3.05, 3.63) is 94.5 Å². The Morgan fingerprint density at radius 1 is 0.949 bits per heavy atom. The van der Waals surface area contributed by atoms with Gasteiger partial charge in [-0.05, 0) is 64.2 Å². The number of carbonyl (C=O) groups excluding carboxylic acids is 3. The normalized spacial score (nSPS) is 14.3. The van der Waals surface area contributed by atoms with E-state index in [0.29, 0.717) is 44.6 Å². The van der Waals surface area contributed by atoms with Gasteiger partial charge in [0.05, 0.1) is 12.8 Å². The first-order valence-electron chi connectivity index (χ1n) is 13.0. The molecule has 1 aliphatic heterocycles. The largest absolute Gasteiger partial charge is 0.497 e. The summed E-state index contributed by atoms with van der Waals surface area (Å²) >= 11 is 3.43. The lowest BCUT2D eigenvalue weighted by Gasteiger charge is -2.34. The number of piperidine rings is 1. The third kappa shape index (κ3) is 8.07. The maximum atomic E-state index is 13.6. The molecule has 1 aliphatic rings. The molecule has 0 spiro atoms. The van der Waals surface area contributed by atoms with Crippen LogP contribution in [0.2, 0.25) is 0 Å². The van der Waals surface area contributed by atoms with Gasteiger partial charge < -0.3 is 25.6 Å². The summed E-state index contributed by atoms with van der Waals surface area (Å²) in [6, 6.07) is 23.3. The zero-order valence-electron chi connectivity index (χ0n) is 21.9. The highest BCUT2D eigenvalue weighted by atomic mass is 79.9. The lowest BCUT2D eigenvalue weighted by molar-refractivity contribution is -0.137. The molecule has 204 valence electrons. The van der Waals surface area contributed by atoms with Crippen molar-refractivity contribution in [1.82, 2.24) is 15.5 Å². The number of likely N-dealkylation sites (tertiary alicyclic amines) is 1. The van der Waals surface area contributed by atoms with Gasteiger partial charge in [-0.15, -0.1) is 0 Å². The highest BCUT2D eigenvalue weighted by Gasteiger charge is 2.31. The number of carbonyl (C=O) groups is 3. The van der Waals surface area contributed by atoms with E-state index in [1.807, 2.05) is 72.8 Å². The van der Waals surface area contributed by atoms with Gasteiger partial charge in [0.15, 0.2) is 0 Å². The molecule has 1 atom stereocenters. The molecule has 0 radical (unpaired) electrons. The number of anilines is 1. The number of methoxy groups -OCH3 is 1. The summed E-state index contributed by atoms with van der Waals surface area (Å²) in [4.78, 5) is 41.0. The molecule has 0 unspecified atom stereocenters. The van der Waals surface area contributed by atoms with Gasteiger partial charge in [-0.25, -0.2) is 4.79 Å². The molecule has 3 N–H and O–H groups in total. The molecule has 9 heteroatoms. The highest BCUT2D eigenvalue weighted by molar-refractivity contribution is 9.10. The molecule has 1 fully saturated rings. The number of nitrogens with zero attached hydrogens (tertiary/aromatic N) is 1. The summed E-state index contributed by atoms with van der Waals surface area (Å²) in [6.45, 7) is 1.33. The minimum atomic E-state index is -0.742. The number of para-hydroxylation sites is 1. The molecule has 4 rings (SSSR count). The summed E-state index contributed by atoms with van der Waals surface area (Å²) in [5.41, 5.74) is 2.52. The van der Waals surface area contributed by atoms with Gasteiger partial charge in [-0.3, -0.25) is 9.59 Å². The Balaban J connectivity index is 1.34. The fourth-order valence-corrected chi connectivity index (χ4v) is 5.01. The number of hydrogen-bond donors (Lipinski definition) is 3. The Hall–Kier alpha value is -3.85. The first-order valence-corrected chi connectivity index (χ1v) is 13.8. The van der Waals surface area contributed by atoms with Crippen LogP contribution in [0.3, 0.4) is 0 Å². The Morgan fingerprint density at radius 3 is 2.36 bits per heavy atom. The molecule has 4 amide bonds. The van der Waals surface area contributed by atoms with Crippen molar-refractivity contribution in [2.45, 2.75) is 31.8 Å². The molecular weight excluding hydrogens is 560 g/mol. The van der Waals surface area contributed by atoms with Gasteiger partial charge in [0, 0.05) is 36.4 Å². The Kier molecular flexibility index (Phi) is 9.97. The summed E-state index contributed by atoms with van der Waals surface area (Å²) < 4.78 is 5.99. The number of rotatable bonds is 9. The van der Waals surface area contributed by atoms with Gasteiger partial charge in [-0.2, -0.15) is 0 Å². The van der Waals surface area contributed by atoms with Gasteiger partial charge in [0.1, 0.15) is 11.8 Å². The van der Waals surface area contributed by atoms with E-state index in [1.165, 1.54) is 0 Å². The van der Waals surface area contributed by atoms with Crippen LogP contribution >= 0.6 is 15.9 Å². The fraction of sp³-hybridized carbons (Fsp3) is 0.300. The predicted molar refractivity (Wildman–Crippen MR) is 154 cm³/mol. The second kappa shape index (κ2) is 13.8. The van der Waals surface area contributed by atoms with Crippen molar-refractivity contribution in [3.8, 4) is 5.75 Å². The van der Waals surface area contributed by atoms with Crippen LogP contribution in [0.15, 0.2) is 83.3 Å². The van der Waals surface area contributed by atoms with Crippen LogP contribution in [0.25, 0.3) is 0 Å². The highest BCUT2D eigenvalue weighted by Crippen LogP contribution is 2.22. The van der Waals surface area contributed by atoms with E-state index < -0.39 is 12.1 Å². The maximum absolute atomic E-state index is 13.6. The van der Waals surface area contributed by atoms with E-state index in [0.717, 1.165) is 21.3 Å². The topological polar surface area (TPSA) is 99.8 Å². The number of halogens is 1. The Labute approximate surface area is 237 Å². The molecule has 0 saturated carbocycles. The summed E-state index contributed by atoms with van der Waals surface area (Å²) in [5.74, 6) is 0.407. The van der Waals surface area contributed by atoms with Crippen LogP contribution in [0.5, 0.6) is 5.75 Å².